The standard InChI is InChI=1S/C15H33N3O/c1-5-16-15(2,13-19)9-6-10-18-11-7-14(8-12-18)17(3)4/h14,16,19H,5-13H2,1-4H3. The fourth-order valence-corrected chi connectivity index (χ4v) is 3.00. The van der Waals surface area contributed by atoms with Gasteiger partial charge in [0.1, 0.15) is 0 Å². The number of aliphatic hydroxyl groups excluding tert-OH is 1. The van der Waals surface area contributed by atoms with Gasteiger partial charge in [-0.05, 0) is 72.9 Å². The molecule has 1 unspecified atom stereocenters. The summed E-state index contributed by atoms with van der Waals surface area (Å²) in [5.41, 5.74) is -0.100. The molecular formula is C15H33N3O. The van der Waals surface area contributed by atoms with Gasteiger partial charge in [0.2, 0.25) is 0 Å². The molecule has 0 aliphatic carbocycles. The molecule has 2 N–H and O–H groups in total. The van der Waals surface area contributed by atoms with Crippen molar-refractivity contribution >= 4 is 0 Å². The second-order valence-electron chi connectivity index (χ2n) is 6.39. The largest absolute Gasteiger partial charge is 0.394 e. The lowest BCUT2D eigenvalue weighted by Crippen LogP contribution is -2.46. The third kappa shape index (κ3) is 5.78. The molecule has 1 saturated heterocycles. The van der Waals surface area contributed by atoms with Gasteiger partial charge >= 0.3 is 0 Å². The fraction of sp³-hybridized carbons (Fsp3) is 1.00. The first kappa shape index (κ1) is 16.9. The van der Waals surface area contributed by atoms with Crippen LogP contribution in [0.25, 0.3) is 0 Å². The van der Waals surface area contributed by atoms with Crippen LogP contribution in [0.2, 0.25) is 0 Å². The van der Waals surface area contributed by atoms with Gasteiger partial charge in [0, 0.05) is 11.6 Å². The molecule has 1 atom stereocenters. The van der Waals surface area contributed by atoms with Gasteiger partial charge in [-0.2, -0.15) is 0 Å². The predicted molar refractivity (Wildman–Crippen MR) is 81.6 cm³/mol. The number of hydrogen-bond acceptors (Lipinski definition) is 4. The van der Waals surface area contributed by atoms with Crippen molar-refractivity contribution in [2.45, 2.75) is 51.1 Å². The van der Waals surface area contributed by atoms with Crippen LogP contribution in [0.1, 0.15) is 39.5 Å². The first-order valence-electron chi connectivity index (χ1n) is 7.75. The molecule has 4 heteroatoms. The molecule has 0 saturated carbocycles. The minimum absolute atomic E-state index is 0.100. The van der Waals surface area contributed by atoms with Gasteiger partial charge in [-0.3, -0.25) is 0 Å². The van der Waals surface area contributed by atoms with Crippen LogP contribution in [-0.4, -0.2) is 73.4 Å². The van der Waals surface area contributed by atoms with Gasteiger partial charge < -0.3 is 20.2 Å². The lowest BCUT2D eigenvalue weighted by molar-refractivity contribution is 0.130. The summed E-state index contributed by atoms with van der Waals surface area (Å²) in [7, 11) is 4.37. The first-order valence-corrected chi connectivity index (χ1v) is 7.75. The average Bonchev–Trinajstić information content (AvgIpc) is 2.39. The Bertz CT molecular complexity index is 240. The molecule has 1 aliphatic rings. The van der Waals surface area contributed by atoms with Crippen LogP contribution >= 0.6 is 0 Å². The smallest absolute Gasteiger partial charge is 0.0610 e. The maximum Gasteiger partial charge on any atom is 0.0610 e. The fourth-order valence-electron chi connectivity index (χ4n) is 3.00. The molecule has 0 bridgehead atoms. The molecule has 0 radical (unpaired) electrons. The van der Waals surface area contributed by atoms with Crippen molar-refractivity contribution < 1.29 is 5.11 Å². The molecule has 1 aliphatic heterocycles. The summed E-state index contributed by atoms with van der Waals surface area (Å²) in [6.45, 7) is 8.98. The van der Waals surface area contributed by atoms with E-state index in [0.29, 0.717) is 0 Å². The zero-order chi connectivity index (χ0) is 14.3. The van der Waals surface area contributed by atoms with Gasteiger partial charge in [0.25, 0.3) is 0 Å². The SMILES string of the molecule is CCNC(C)(CO)CCCN1CCC(N(C)C)CC1. The van der Waals surface area contributed by atoms with Crippen LogP contribution in [0.3, 0.4) is 0 Å². The minimum atomic E-state index is -0.100. The van der Waals surface area contributed by atoms with E-state index in [-0.39, 0.29) is 12.1 Å². The highest BCUT2D eigenvalue weighted by Gasteiger charge is 2.23. The van der Waals surface area contributed by atoms with Crippen molar-refractivity contribution in [2.75, 3.05) is 46.9 Å². The number of likely N-dealkylation sites (tertiary alicyclic amines) is 1. The molecule has 0 aromatic carbocycles. The predicted octanol–water partition coefficient (Wildman–Crippen LogP) is 1.15. The Balaban J connectivity index is 2.20. The number of aliphatic hydroxyl groups is 1. The summed E-state index contributed by atoms with van der Waals surface area (Å²) in [5.74, 6) is 0. The highest BCUT2D eigenvalue weighted by Crippen LogP contribution is 2.16. The third-order valence-corrected chi connectivity index (χ3v) is 4.44. The number of nitrogens with one attached hydrogen (secondary N) is 1. The molecule has 0 spiro atoms. The summed E-state index contributed by atoms with van der Waals surface area (Å²) in [4.78, 5) is 4.93. The minimum Gasteiger partial charge on any atom is -0.394 e. The van der Waals surface area contributed by atoms with Crippen LogP contribution in [0.5, 0.6) is 0 Å². The summed E-state index contributed by atoms with van der Waals surface area (Å²) >= 11 is 0. The summed E-state index contributed by atoms with van der Waals surface area (Å²) in [6.07, 6.45) is 4.79. The number of nitrogens with zero attached hydrogens (tertiary/aromatic N) is 2. The van der Waals surface area contributed by atoms with E-state index in [1.165, 1.54) is 32.5 Å². The molecule has 0 aromatic rings. The third-order valence-electron chi connectivity index (χ3n) is 4.44. The van der Waals surface area contributed by atoms with Gasteiger partial charge in [-0.15, -0.1) is 0 Å². The maximum absolute atomic E-state index is 9.47. The second-order valence-corrected chi connectivity index (χ2v) is 6.39. The molecule has 19 heavy (non-hydrogen) atoms. The Kier molecular flexibility index (Phi) is 7.29. The van der Waals surface area contributed by atoms with Crippen LogP contribution in [0.15, 0.2) is 0 Å². The number of piperidine rings is 1. The molecule has 1 rings (SSSR count). The quantitative estimate of drug-likeness (QED) is 0.695. The van der Waals surface area contributed by atoms with Crippen molar-refractivity contribution in [2.24, 2.45) is 0 Å². The topological polar surface area (TPSA) is 38.7 Å². The van der Waals surface area contributed by atoms with Gasteiger partial charge in [-0.25, -0.2) is 0 Å². The van der Waals surface area contributed by atoms with Gasteiger partial charge in [0.05, 0.1) is 6.61 Å². The Labute approximate surface area is 119 Å². The number of likely N-dealkylation sites (N-methyl/N-ethyl adjacent to an activating group) is 1. The highest BCUT2D eigenvalue weighted by molar-refractivity contribution is 4.83. The van der Waals surface area contributed by atoms with E-state index in [4.69, 9.17) is 0 Å². The van der Waals surface area contributed by atoms with Crippen molar-refractivity contribution in [1.82, 2.24) is 15.1 Å². The van der Waals surface area contributed by atoms with E-state index in [1.807, 2.05) is 0 Å². The molecule has 0 amide bonds. The van der Waals surface area contributed by atoms with E-state index in [1.54, 1.807) is 0 Å². The first-order chi connectivity index (χ1) is 9.00. The monoisotopic (exact) mass is 271 g/mol. The lowest BCUT2D eigenvalue weighted by atomic mass is 9.96. The normalized spacial score (nSPS) is 21.8. The number of hydrogen-bond donors (Lipinski definition) is 2. The Hall–Kier alpha value is -0.160. The summed E-state index contributed by atoms with van der Waals surface area (Å²) < 4.78 is 0. The van der Waals surface area contributed by atoms with E-state index in [9.17, 15) is 5.11 Å². The summed E-state index contributed by atoms with van der Waals surface area (Å²) in [6, 6.07) is 0.765. The van der Waals surface area contributed by atoms with Crippen molar-refractivity contribution in [1.29, 1.82) is 0 Å². The zero-order valence-electron chi connectivity index (χ0n) is 13.3. The van der Waals surface area contributed by atoms with E-state index < -0.39 is 0 Å². The lowest BCUT2D eigenvalue weighted by Gasteiger charge is -2.36. The highest BCUT2D eigenvalue weighted by atomic mass is 16.3. The van der Waals surface area contributed by atoms with Crippen LogP contribution in [0.4, 0.5) is 0 Å². The maximum atomic E-state index is 9.47. The molecule has 1 heterocycles. The molecule has 114 valence electrons. The zero-order valence-corrected chi connectivity index (χ0v) is 13.3. The molecular weight excluding hydrogens is 238 g/mol. The van der Waals surface area contributed by atoms with E-state index >= 15 is 0 Å². The van der Waals surface area contributed by atoms with Crippen LogP contribution in [-0.2, 0) is 0 Å². The van der Waals surface area contributed by atoms with Crippen molar-refractivity contribution in [3.05, 3.63) is 0 Å². The van der Waals surface area contributed by atoms with Crippen molar-refractivity contribution in [3.8, 4) is 0 Å². The molecule has 0 aromatic heterocycles. The summed E-state index contributed by atoms with van der Waals surface area (Å²) in [5, 5.41) is 12.9. The van der Waals surface area contributed by atoms with Gasteiger partial charge in [-0.1, -0.05) is 6.92 Å². The van der Waals surface area contributed by atoms with Gasteiger partial charge in [0.15, 0.2) is 0 Å². The molecule has 1 fully saturated rings. The van der Waals surface area contributed by atoms with Crippen LogP contribution < -0.4 is 5.32 Å². The van der Waals surface area contributed by atoms with Crippen molar-refractivity contribution in [3.63, 3.8) is 0 Å². The number of rotatable bonds is 8. The molecule has 4 nitrogen and oxygen atoms in total. The van der Waals surface area contributed by atoms with Crippen LogP contribution in [0, 0.1) is 0 Å². The average molecular weight is 271 g/mol. The Morgan fingerprint density at radius 2 is 1.95 bits per heavy atom. The second kappa shape index (κ2) is 8.20. The Morgan fingerprint density at radius 3 is 2.42 bits per heavy atom. The van der Waals surface area contributed by atoms with E-state index in [2.05, 4.69) is 43.1 Å². The Morgan fingerprint density at radius 1 is 1.32 bits per heavy atom. The van der Waals surface area contributed by atoms with E-state index in [0.717, 1.165) is 25.4 Å².